The van der Waals surface area contributed by atoms with E-state index in [1.165, 1.54) is 18.9 Å². The Morgan fingerprint density at radius 1 is 1.27 bits per heavy atom. The van der Waals surface area contributed by atoms with Crippen LogP contribution >= 0.6 is 11.8 Å². The molecule has 1 N–H and O–H groups in total. The van der Waals surface area contributed by atoms with Crippen LogP contribution in [0.5, 0.6) is 5.75 Å². The van der Waals surface area contributed by atoms with Crippen LogP contribution in [0.25, 0.3) is 0 Å². The normalized spacial score (nSPS) is 20.0. The van der Waals surface area contributed by atoms with Gasteiger partial charge in [0.2, 0.25) is 5.16 Å². The lowest BCUT2D eigenvalue weighted by Crippen LogP contribution is -2.39. The average Bonchev–Trinajstić information content (AvgIpc) is 2.93. The number of thioether (sulfide) groups is 1. The molecule has 7 nitrogen and oxygen atoms in total. The molecule has 1 aromatic carbocycles. The molecule has 0 saturated heterocycles. The van der Waals surface area contributed by atoms with Crippen molar-refractivity contribution in [1.82, 2.24) is 14.9 Å². The van der Waals surface area contributed by atoms with Gasteiger partial charge >= 0.3 is 5.97 Å². The lowest BCUT2D eigenvalue weighted by atomic mass is 10.0. The molecule has 3 rings (SSSR count). The third-order valence-electron chi connectivity index (χ3n) is 3.51. The van der Waals surface area contributed by atoms with Crippen LogP contribution in [0.2, 0.25) is 0 Å². The van der Waals surface area contributed by atoms with Crippen LogP contribution in [0.3, 0.4) is 0 Å². The summed E-state index contributed by atoms with van der Waals surface area (Å²) in [7, 11) is 3.01. The van der Waals surface area contributed by atoms with Crippen LogP contribution in [0.4, 0.5) is 0 Å². The Hall–Kier alpha value is -2.22. The number of aryl methyl sites for hydroxylation is 1. The molecule has 1 aliphatic heterocycles. The van der Waals surface area contributed by atoms with Crippen LogP contribution in [-0.2, 0) is 9.53 Å². The molecule has 0 amide bonds. The Kier molecular flexibility index (Phi) is 3.93. The molecule has 2 unspecified atom stereocenters. The third kappa shape index (κ3) is 2.50. The van der Waals surface area contributed by atoms with E-state index in [-0.39, 0.29) is 12.0 Å². The van der Waals surface area contributed by atoms with E-state index in [2.05, 4.69) is 15.6 Å². The second-order valence-electron chi connectivity index (χ2n) is 4.81. The molecule has 22 heavy (non-hydrogen) atoms. The minimum absolute atomic E-state index is 0.245. The minimum Gasteiger partial charge on any atom is -0.497 e. The summed E-state index contributed by atoms with van der Waals surface area (Å²) in [5, 5.41) is 8.31. The van der Waals surface area contributed by atoms with Gasteiger partial charge in [0.15, 0.2) is 0 Å². The van der Waals surface area contributed by atoms with Gasteiger partial charge in [0.25, 0.3) is 0 Å². The summed E-state index contributed by atoms with van der Waals surface area (Å²) >= 11 is 1.34. The van der Waals surface area contributed by atoms with Crippen LogP contribution in [0.15, 0.2) is 29.4 Å². The first-order chi connectivity index (χ1) is 10.6. The first kappa shape index (κ1) is 14.7. The van der Waals surface area contributed by atoms with Crippen molar-refractivity contribution in [1.29, 1.82) is 0 Å². The minimum atomic E-state index is -0.436. The summed E-state index contributed by atoms with van der Waals surface area (Å²) in [4.78, 5) is 12.1. The highest BCUT2D eigenvalue weighted by molar-refractivity contribution is 8.00. The lowest BCUT2D eigenvalue weighted by Gasteiger charge is -2.31. The summed E-state index contributed by atoms with van der Waals surface area (Å²) in [6.07, 6.45) is 0. The number of carbonyl (C=O) groups is 1. The molecular weight excluding hydrogens is 304 g/mol. The number of ether oxygens (including phenoxy) is 2. The number of benzene rings is 1. The predicted octanol–water partition coefficient (Wildman–Crippen LogP) is 1.53. The van der Waals surface area contributed by atoms with Crippen LogP contribution in [-0.4, -0.2) is 40.3 Å². The number of aromatic nitrogens is 3. The summed E-state index contributed by atoms with van der Waals surface area (Å²) in [5.41, 5.74) is 4.25. The third-order valence-corrected chi connectivity index (χ3v) is 4.70. The van der Waals surface area contributed by atoms with Crippen LogP contribution < -0.4 is 10.2 Å². The molecule has 1 aromatic heterocycles. The Labute approximate surface area is 132 Å². The number of methoxy groups -OCH3 is 2. The van der Waals surface area contributed by atoms with E-state index in [1.807, 2.05) is 31.2 Å². The fourth-order valence-electron chi connectivity index (χ4n) is 2.32. The van der Waals surface area contributed by atoms with Crippen molar-refractivity contribution in [2.75, 3.05) is 19.6 Å². The van der Waals surface area contributed by atoms with Gasteiger partial charge in [0.05, 0.1) is 20.3 Å². The largest absolute Gasteiger partial charge is 0.497 e. The number of carbonyl (C=O) groups excluding carboxylic acids is 1. The van der Waals surface area contributed by atoms with Gasteiger partial charge in [-0.15, -0.1) is 10.2 Å². The SMILES string of the molecule is COC(=O)C1Sc2nnc(C)n2NC1c1ccc(OC)cc1. The Morgan fingerprint density at radius 3 is 2.64 bits per heavy atom. The van der Waals surface area contributed by atoms with Gasteiger partial charge in [0, 0.05) is 0 Å². The predicted molar refractivity (Wildman–Crippen MR) is 81.5 cm³/mol. The van der Waals surface area contributed by atoms with E-state index in [0.717, 1.165) is 17.1 Å². The number of hydrogen-bond donors (Lipinski definition) is 1. The van der Waals surface area contributed by atoms with Crippen molar-refractivity contribution in [2.24, 2.45) is 0 Å². The zero-order valence-electron chi connectivity index (χ0n) is 12.4. The second kappa shape index (κ2) is 5.88. The van der Waals surface area contributed by atoms with E-state index >= 15 is 0 Å². The lowest BCUT2D eigenvalue weighted by molar-refractivity contribution is -0.140. The summed E-state index contributed by atoms with van der Waals surface area (Å²) in [5.74, 6) is 1.21. The van der Waals surface area contributed by atoms with Crippen molar-refractivity contribution in [2.45, 2.75) is 23.4 Å². The fourth-order valence-corrected chi connectivity index (χ4v) is 3.47. The maximum Gasteiger partial charge on any atom is 0.321 e. The molecule has 2 aromatic rings. The second-order valence-corrected chi connectivity index (χ2v) is 5.92. The van der Waals surface area contributed by atoms with Gasteiger partial charge in [-0.1, -0.05) is 23.9 Å². The monoisotopic (exact) mass is 320 g/mol. The number of nitrogens with one attached hydrogen (secondary N) is 1. The van der Waals surface area contributed by atoms with Crippen LogP contribution in [0.1, 0.15) is 17.4 Å². The van der Waals surface area contributed by atoms with E-state index in [0.29, 0.717) is 5.16 Å². The molecule has 0 bridgehead atoms. The van der Waals surface area contributed by atoms with Crippen molar-refractivity contribution >= 4 is 17.7 Å². The van der Waals surface area contributed by atoms with Crippen LogP contribution in [0, 0.1) is 6.92 Å². The maximum absolute atomic E-state index is 12.1. The van der Waals surface area contributed by atoms with Crippen molar-refractivity contribution in [3.63, 3.8) is 0 Å². The Morgan fingerprint density at radius 2 is 2.00 bits per heavy atom. The van der Waals surface area contributed by atoms with Crippen molar-refractivity contribution in [3.8, 4) is 5.75 Å². The zero-order valence-corrected chi connectivity index (χ0v) is 13.3. The topological polar surface area (TPSA) is 78.3 Å². The van der Waals surface area contributed by atoms with E-state index < -0.39 is 5.25 Å². The number of nitrogens with zero attached hydrogens (tertiary/aromatic N) is 3. The van der Waals surface area contributed by atoms with E-state index in [9.17, 15) is 4.79 Å². The van der Waals surface area contributed by atoms with Gasteiger partial charge in [0.1, 0.15) is 16.8 Å². The van der Waals surface area contributed by atoms with Gasteiger partial charge in [-0.05, 0) is 24.6 Å². The number of fused-ring (bicyclic) bond motifs is 1. The summed E-state index contributed by atoms with van der Waals surface area (Å²) in [6, 6.07) is 7.34. The number of hydrogen-bond acceptors (Lipinski definition) is 7. The Balaban J connectivity index is 1.97. The number of esters is 1. The smallest absolute Gasteiger partial charge is 0.321 e. The molecule has 1 aliphatic rings. The Bertz CT molecular complexity index is 686. The molecule has 0 saturated carbocycles. The van der Waals surface area contributed by atoms with Crippen molar-refractivity contribution < 1.29 is 14.3 Å². The molecule has 116 valence electrons. The highest BCUT2D eigenvalue weighted by atomic mass is 32.2. The molecule has 2 atom stereocenters. The van der Waals surface area contributed by atoms with Gasteiger partial charge < -0.3 is 14.9 Å². The first-order valence-corrected chi connectivity index (χ1v) is 7.59. The number of rotatable bonds is 3. The quantitative estimate of drug-likeness (QED) is 0.859. The molecule has 0 fully saturated rings. The van der Waals surface area contributed by atoms with Gasteiger partial charge in [-0.25, -0.2) is 4.68 Å². The molecule has 8 heteroatoms. The van der Waals surface area contributed by atoms with E-state index in [4.69, 9.17) is 9.47 Å². The highest BCUT2D eigenvalue weighted by Gasteiger charge is 2.38. The highest BCUT2D eigenvalue weighted by Crippen LogP contribution is 2.37. The van der Waals surface area contributed by atoms with Crippen molar-refractivity contribution in [3.05, 3.63) is 35.7 Å². The maximum atomic E-state index is 12.1. The molecule has 0 spiro atoms. The first-order valence-electron chi connectivity index (χ1n) is 6.71. The molecular formula is C14H16N4O3S. The molecule has 0 aliphatic carbocycles. The van der Waals surface area contributed by atoms with Gasteiger partial charge in [-0.2, -0.15) is 0 Å². The molecule has 0 radical (unpaired) electrons. The molecule has 2 heterocycles. The fraction of sp³-hybridized carbons (Fsp3) is 0.357. The zero-order chi connectivity index (χ0) is 15.7. The standard InChI is InChI=1S/C14H16N4O3S/c1-8-15-16-14-18(8)17-11(12(22-14)13(19)21-3)9-4-6-10(20-2)7-5-9/h4-7,11-12,17H,1-3H3. The average molecular weight is 320 g/mol. The summed E-state index contributed by atoms with van der Waals surface area (Å²) in [6.45, 7) is 1.85. The summed E-state index contributed by atoms with van der Waals surface area (Å²) < 4.78 is 11.9. The van der Waals surface area contributed by atoms with Gasteiger partial charge in [-0.3, -0.25) is 4.79 Å². The van der Waals surface area contributed by atoms with E-state index in [1.54, 1.807) is 11.8 Å².